The molecule has 2 N–H and O–H groups in total. The average Bonchev–Trinajstić information content (AvgIpc) is 3.07. The summed E-state index contributed by atoms with van der Waals surface area (Å²) in [4.78, 5) is 38.3. The molecule has 0 aromatic heterocycles. The van der Waals surface area contributed by atoms with Crippen molar-refractivity contribution in [3.8, 4) is 0 Å². The van der Waals surface area contributed by atoms with Gasteiger partial charge >= 0.3 is 6.03 Å². The summed E-state index contributed by atoms with van der Waals surface area (Å²) in [6.07, 6.45) is 1.62. The summed E-state index contributed by atoms with van der Waals surface area (Å²) in [5, 5.41) is 13.1. The minimum atomic E-state index is -0.507. The van der Waals surface area contributed by atoms with E-state index in [-0.39, 0.29) is 30.3 Å². The van der Waals surface area contributed by atoms with E-state index < -0.39 is 12.1 Å². The number of hydrogen-bond acceptors (Lipinski definition) is 4. The zero-order chi connectivity index (χ0) is 17.6. The van der Waals surface area contributed by atoms with Crippen LogP contribution in [0.1, 0.15) is 24.0 Å². The third-order valence-corrected chi connectivity index (χ3v) is 5.84. The molecule has 0 radical (unpaired) electrons. The van der Waals surface area contributed by atoms with Crippen LogP contribution in [0.4, 0.5) is 4.79 Å². The maximum Gasteiger partial charge on any atom is 0.325 e. The highest BCUT2D eigenvalue weighted by Gasteiger charge is 2.48. The van der Waals surface area contributed by atoms with Gasteiger partial charge in [-0.15, -0.1) is 0 Å². The van der Waals surface area contributed by atoms with Crippen LogP contribution in [0.15, 0.2) is 24.3 Å². The van der Waals surface area contributed by atoms with Crippen molar-refractivity contribution in [2.45, 2.75) is 30.8 Å². The van der Waals surface area contributed by atoms with Crippen LogP contribution in [0.5, 0.6) is 0 Å². The average molecular weight is 343 g/mol. The molecule has 0 saturated carbocycles. The van der Waals surface area contributed by atoms with Crippen molar-refractivity contribution in [1.29, 1.82) is 0 Å². The molecule has 2 heterocycles. The predicted molar refractivity (Wildman–Crippen MR) is 88.8 cm³/mol. The Morgan fingerprint density at radius 3 is 2.64 bits per heavy atom. The number of urea groups is 1. The fraction of sp³-hybridized carbons (Fsp3) is 0.500. The van der Waals surface area contributed by atoms with E-state index in [4.69, 9.17) is 0 Å². The van der Waals surface area contributed by atoms with Crippen LogP contribution in [-0.4, -0.2) is 65.0 Å². The topological polar surface area (TPSA) is 90.0 Å². The molecule has 25 heavy (non-hydrogen) atoms. The molecule has 7 heteroatoms. The summed E-state index contributed by atoms with van der Waals surface area (Å²) >= 11 is 0. The summed E-state index contributed by atoms with van der Waals surface area (Å²) in [5.41, 5.74) is 2.10. The molecule has 1 aliphatic carbocycles. The highest BCUT2D eigenvalue weighted by Crippen LogP contribution is 2.46. The van der Waals surface area contributed by atoms with Gasteiger partial charge in [0, 0.05) is 18.5 Å². The van der Waals surface area contributed by atoms with E-state index in [1.807, 2.05) is 12.1 Å². The van der Waals surface area contributed by atoms with Crippen molar-refractivity contribution in [3.63, 3.8) is 0 Å². The Labute approximate surface area is 145 Å². The normalized spacial score (nSPS) is 24.6. The standard InChI is InChI=1S/C18H21N3O4/c22-14-9-12-3-1-2-4-13(12)18(14)5-7-20(8-6-18)16(24)11-21-15(23)10-19-17(21)25/h1-4,14,22H,5-11H2,(H,19,25). The van der Waals surface area contributed by atoms with Gasteiger partial charge in [0.1, 0.15) is 6.54 Å². The minimum Gasteiger partial charge on any atom is -0.392 e. The number of nitrogens with zero attached hydrogens (tertiary/aromatic N) is 2. The predicted octanol–water partition coefficient (Wildman–Crippen LogP) is 0.0156. The van der Waals surface area contributed by atoms with Crippen molar-refractivity contribution >= 4 is 17.8 Å². The van der Waals surface area contributed by atoms with Crippen LogP contribution in [0.2, 0.25) is 0 Å². The van der Waals surface area contributed by atoms with Crippen molar-refractivity contribution < 1.29 is 19.5 Å². The van der Waals surface area contributed by atoms with Crippen molar-refractivity contribution in [1.82, 2.24) is 15.1 Å². The first-order chi connectivity index (χ1) is 12.0. The molecule has 4 rings (SSSR count). The molecular weight excluding hydrogens is 322 g/mol. The third kappa shape index (κ3) is 2.50. The number of carbonyl (C=O) groups excluding carboxylic acids is 3. The molecule has 1 atom stereocenters. The number of aliphatic hydroxyl groups is 1. The number of fused-ring (bicyclic) bond motifs is 2. The zero-order valence-corrected chi connectivity index (χ0v) is 13.9. The minimum absolute atomic E-state index is 0.0435. The molecule has 0 bridgehead atoms. The van der Waals surface area contributed by atoms with Gasteiger partial charge < -0.3 is 15.3 Å². The lowest BCUT2D eigenvalue weighted by Gasteiger charge is -2.42. The summed E-state index contributed by atoms with van der Waals surface area (Å²) in [7, 11) is 0. The number of piperidine rings is 1. The first kappa shape index (κ1) is 16.1. The Morgan fingerprint density at radius 2 is 1.96 bits per heavy atom. The van der Waals surface area contributed by atoms with Gasteiger partial charge in [-0.2, -0.15) is 0 Å². The number of aliphatic hydroxyl groups excluding tert-OH is 1. The first-order valence-corrected chi connectivity index (χ1v) is 8.64. The molecule has 2 fully saturated rings. The number of carbonyl (C=O) groups is 3. The largest absolute Gasteiger partial charge is 0.392 e. The van der Waals surface area contributed by atoms with Gasteiger partial charge in [-0.05, 0) is 30.4 Å². The van der Waals surface area contributed by atoms with Crippen LogP contribution in [0, 0.1) is 0 Å². The van der Waals surface area contributed by atoms with Crippen LogP contribution < -0.4 is 5.32 Å². The summed E-state index contributed by atoms with van der Waals surface area (Å²) in [6.45, 7) is 0.788. The maximum atomic E-state index is 12.5. The summed E-state index contributed by atoms with van der Waals surface area (Å²) < 4.78 is 0. The molecule has 132 valence electrons. The molecule has 1 aromatic carbocycles. The number of nitrogens with one attached hydrogen (secondary N) is 1. The highest BCUT2D eigenvalue weighted by molar-refractivity contribution is 6.04. The van der Waals surface area contributed by atoms with Gasteiger partial charge in [-0.25, -0.2) is 4.79 Å². The van der Waals surface area contributed by atoms with E-state index >= 15 is 0 Å². The molecule has 7 nitrogen and oxygen atoms in total. The Balaban J connectivity index is 1.44. The molecule has 1 spiro atoms. The van der Waals surface area contributed by atoms with Gasteiger partial charge in [0.15, 0.2) is 0 Å². The fourth-order valence-corrected chi connectivity index (χ4v) is 4.38. The molecular formula is C18H21N3O4. The lowest BCUT2D eigenvalue weighted by atomic mass is 9.72. The van der Waals surface area contributed by atoms with E-state index in [9.17, 15) is 19.5 Å². The van der Waals surface area contributed by atoms with E-state index in [0.29, 0.717) is 32.4 Å². The Hall–Kier alpha value is -2.41. The van der Waals surface area contributed by atoms with Crippen molar-refractivity contribution in [3.05, 3.63) is 35.4 Å². The lowest BCUT2D eigenvalue weighted by Crippen LogP contribution is -2.51. The molecule has 1 aromatic rings. The highest BCUT2D eigenvalue weighted by atomic mass is 16.3. The van der Waals surface area contributed by atoms with Gasteiger partial charge in [0.2, 0.25) is 5.91 Å². The smallest absolute Gasteiger partial charge is 0.325 e. The van der Waals surface area contributed by atoms with Crippen molar-refractivity contribution in [2.75, 3.05) is 26.2 Å². The number of rotatable bonds is 2. The second-order valence-electron chi connectivity index (χ2n) is 7.05. The van der Waals surface area contributed by atoms with Gasteiger partial charge in [-0.1, -0.05) is 24.3 Å². The quantitative estimate of drug-likeness (QED) is 0.741. The van der Waals surface area contributed by atoms with Crippen LogP contribution in [0.3, 0.4) is 0 Å². The van der Waals surface area contributed by atoms with E-state index in [1.165, 1.54) is 11.1 Å². The van der Waals surface area contributed by atoms with E-state index in [2.05, 4.69) is 17.4 Å². The number of amides is 4. The molecule has 2 aliphatic heterocycles. The van der Waals surface area contributed by atoms with Crippen LogP contribution in [-0.2, 0) is 21.4 Å². The summed E-state index contributed by atoms with van der Waals surface area (Å²) in [5.74, 6) is -0.590. The second-order valence-corrected chi connectivity index (χ2v) is 7.05. The monoisotopic (exact) mass is 343 g/mol. The number of benzene rings is 1. The Bertz CT molecular complexity index is 724. The molecule has 2 saturated heterocycles. The Kier molecular flexibility index (Phi) is 3.76. The van der Waals surface area contributed by atoms with Gasteiger partial charge in [-0.3, -0.25) is 14.5 Å². The SMILES string of the molecule is O=C(CN1C(=O)CNC1=O)N1CCC2(CC1)c1ccccc1CC2O. The first-order valence-electron chi connectivity index (χ1n) is 8.64. The van der Waals surface area contributed by atoms with E-state index in [0.717, 1.165) is 4.90 Å². The van der Waals surface area contributed by atoms with E-state index in [1.54, 1.807) is 4.90 Å². The number of hydrogen-bond donors (Lipinski definition) is 2. The number of likely N-dealkylation sites (tertiary alicyclic amines) is 1. The van der Waals surface area contributed by atoms with Gasteiger partial charge in [0.05, 0.1) is 12.6 Å². The molecule has 4 amide bonds. The molecule has 1 unspecified atom stereocenters. The zero-order valence-electron chi connectivity index (χ0n) is 13.9. The summed E-state index contributed by atoms with van der Waals surface area (Å²) in [6, 6.07) is 7.61. The number of imide groups is 1. The Morgan fingerprint density at radius 1 is 1.24 bits per heavy atom. The molecule has 3 aliphatic rings. The van der Waals surface area contributed by atoms with Gasteiger partial charge in [0.25, 0.3) is 5.91 Å². The lowest BCUT2D eigenvalue weighted by molar-refractivity contribution is -0.138. The van der Waals surface area contributed by atoms with Crippen LogP contribution >= 0.6 is 0 Å². The second kappa shape index (κ2) is 5.84. The fourth-order valence-electron chi connectivity index (χ4n) is 4.38. The van der Waals surface area contributed by atoms with Crippen molar-refractivity contribution in [2.24, 2.45) is 0 Å². The maximum absolute atomic E-state index is 12.5. The third-order valence-electron chi connectivity index (χ3n) is 5.84. The van der Waals surface area contributed by atoms with Crippen LogP contribution in [0.25, 0.3) is 0 Å².